The smallest absolute Gasteiger partial charge is 0.250 e. The molecule has 0 saturated carbocycles. The number of amidine groups is 2. The normalized spacial score (nSPS) is 18.5. The molecule has 0 spiro atoms. The Hall–Kier alpha value is -0.100. The first-order chi connectivity index (χ1) is 9.98. The molecule has 0 unspecified atom stereocenters. The van der Waals surface area contributed by atoms with E-state index in [1.807, 2.05) is 13.0 Å². The summed E-state index contributed by atoms with van der Waals surface area (Å²) in [6, 6.07) is 3.59. The summed E-state index contributed by atoms with van der Waals surface area (Å²) in [6.07, 6.45) is 0. The van der Waals surface area contributed by atoms with Gasteiger partial charge in [0.1, 0.15) is 17.3 Å². The highest BCUT2D eigenvalue weighted by Crippen LogP contribution is 2.35. The molecule has 2 heterocycles. The van der Waals surface area contributed by atoms with Gasteiger partial charge >= 0.3 is 0 Å². The fraction of sp³-hybridized carbons (Fsp3) is 0.333. The largest absolute Gasteiger partial charge is 0.462 e. The molecule has 1 aromatic rings. The molecule has 0 atom stereocenters. The summed E-state index contributed by atoms with van der Waals surface area (Å²) in [5.41, 5.74) is 0.640. The van der Waals surface area contributed by atoms with Crippen LogP contribution in [0.1, 0.15) is 18.4 Å². The lowest BCUT2D eigenvalue weighted by Crippen LogP contribution is -2.40. The maximum Gasteiger partial charge on any atom is 0.250 e. The van der Waals surface area contributed by atoms with Gasteiger partial charge in [0, 0.05) is 5.57 Å². The van der Waals surface area contributed by atoms with Gasteiger partial charge < -0.3 is 9.73 Å². The topological polar surface area (TPSA) is 49.9 Å². The van der Waals surface area contributed by atoms with Crippen molar-refractivity contribution in [3.05, 3.63) is 29.5 Å². The van der Waals surface area contributed by atoms with Gasteiger partial charge in [0.15, 0.2) is 11.7 Å². The van der Waals surface area contributed by atoms with Gasteiger partial charge in [-0.2, -0.15) is 0 Å². The van der Waals surface area contributed by atoms with Crippen LogP contribution in [0.3, 0.4) is 0 Å². The van der Waals surface area contributed by atoms with E-state index in [4.69, 9.17) is 74.0 Å². The maximum atomic E-state index is 5.85. The van der Waals surface area contributed by atoms with Crippen LogP contribution < -0.4 is 5.32 Å². The monoisotopic (exact) mass is 421 g/mol. The van der Waals surface area contributed by atoms with Gasteiger partial charge in [-0.1, -0.05) is 69.6 Å². The number of allylic oxidation sites excluding steroid dienone is 1. The first kappa shape index (κ1) is 18.2. The van der Waals surface area contributed by atoms with Gasteiger partial charge in [0.05, 0.1) is 0 Å². The lowest BCUT2D eigenvalue weighted by atomic mass is 10.2. The van der Waals surface area contributed by atoms with Crippen molar-refractivity contribution in [3.8, 4) is 0 Å². The number of hydrogen-bond acceptors (Lipinski definition) is 4. The summed E-state index contributed by atoms with van der Waals surface area (Å²) in [4.78, 5) is 8.12. The van der Waals surface area contributed by atoms with Crippen molar-refractivity contribution in [3.63, 3.8) is 0 Å². The minimum absolute atomic E-state index is 0.0218. The Morgan fingerprint density at radius 3 is 2.14 bits per heavy atom. The summed E-state index contributed by atoms with van der Waals surface area (Å²) in [5.74, 6) is 1.50. The van der Waals surface area contributed by atoms with E-state index in [2.05, 4.69) is 15.3 Å². The predicted molar refractivity (Wildman–Crippen MR) is 94.6 cm³/mol. The first-order valence-corrected chi connectivity index (χ1v) is 8.12. The molecule has 1 aromatic heterocycles. The van der Waals surface area contributed by atoms with Gasteiger partial charge in [0.25, 0.3) is 0 Å². The first-order valence-electron chi connectivity index (χ1n) is 5.85. The van der Waals surface area contributed by atoms with E-state index in [0.29, 0.717) is 17.2 Å². The van der Waals surface area contributed by atoms with Crippen molar-refractivity contribution in [2.75, 3.05) is 0 Å². The number of alkyl halides is 6. The summed E-state index contributed by atoms with van der Waals surface area (Å²) in [7, 11) is 0. The molecule has 22 heavy (non-hydrogen) atoms. The third-order valence-electron chi connectivity index (χ3n) is 2.66. The lowest BCUT2D eigenvalue weighted by molar-refractivity contribution is 0.520. The Morgan fingerprint density at radius 2 is 1.68 bits per heavy atom. The Kier molecular flexibility index (Phi) is 5.32. The number of nitrogens with zero attached hydrogens (tertiary/aromatic N) is 2. The molecule has 0 aliphatic carbocycles. The second-order valence-corrected chi connectivity index (χ2v) is 8.96. The molecule has 1 N–H and O–H groups in total. The molecule has 0 aromatic carbocycles. The van der Waals surface area contributed by atoms with E-state index < -0.39 is 7.59 Å². The summed E-state index contributed by atoms with van der Waals surface area (Å²) < 4.78 is 1.84. The van der Waals surface area contributed by atoms with Crippen molar-refractivity contribution >= 4 is 86.8 Å². The number of aliphatic imine (C=N–C) groups is 2. The van der Waals surface area contributed by atoms with Crippen molar-refractivity contribution in [1.82, 2.24) is 5.32 Å². The summed E-state index contributed by atoms with van der Waals surface area (Å²) in [5, 5.41) is 2.81. The Morgan fingerprint density at radius 1 is 1.05 bits per heavy atom. The van der Waals surface area contributed by atoms with Crippen LogP contribution in [0.2, 0.25) is 0 Å². The molecule has 0 radical (unpaired) electrons. The highest BCUT2D eigenvalue weighted by Gasteiger charge is 2.37. The molecular formula is C12H9Cl6N3O. The van der Waals surface area contributed by atoms with Crippen molar-refractivity contribution in [2.45, 2.75) is 21.4 Å². The van der Waals surface area contributed by atoms with Gasteiger partial charge in [0.2, 0.25) is 7.59 Å². The van der Waals surface area contributed by atoms with Crippen LogP contribution in [-0.2, 0) is 0 Å². The molecule has 1 aliphatic heterocycles. The third-order valence-corrected chi connectivity index (χ3v) is 3.70. The molecule has 0 bridgehead atoms. The highest BCUT2D eigenvalue weighted by molar-refractivity contribution is 6.79. The van der Waals surface area contributed by atoms with E-state index >= 15 is 0 Å². The SMILES string of the molecule is C/C(=C1/N=C(C(Cl)(Cl)Cl)N=C(C(Cl)(Cl)Cl)N1)c1ccc(C)o1. The van der Waals surface area contributed by atoms with Gasteiger partial charge in [-0.25, -0.2) is 9.98 Å². The Bertz CT molecular complexity index is 678. The van der Waals surface area contributed by atoms with Crippen molar-refractivity contribution in [2.24, 2.45) is 9.98 Å². The average molecular weight is 424 g/mol. The lowest BCUT2D eigenvalue weighted by Gasteiger charge is -2.24. The number of hydrogen-bond donors (Lipinski definition) is 1. The predicted octanol–water partition coefficient (Wildman–Crippen LogP) is 5.42. The Balaban J connectivity index is 2.54. The van der Waals surface area contributed by atoms with Gasteiger partial charge in [-0.05, 0) is 26.0 Å². The molecule has 0 amide bonds. The molecule has 2 rings (SSSR count). The fourth-order valence-corrected chi connectivity index (χ4v) is 2.12. The van der Waals surface area contributed by atoms with Crippen LogP contribution in [0.25, 0.3) is 5.57 Å². The van der Waals surface area contributed by atoms with Crippen LogP contribution >= 0.6 is 69.6 Å². The third kappa shape index (κ3) is 4.25. The van der Waals surface area contributed by atoms with Crippen LogP contribution in [0, 0.1) is 6.92 Å². The van der Waals surface area contributed by atoms with E-state index in [9.17, 15) is 0 Å². The van der Waals surface area contributed by atoms with E-state index in [-0.39, 0.29) is 11.7 Å². The van der Waals surface area contributed by atoms with Crippen LogP contribution in [0.15, 0.2) is 32.4 Å². The van der Waals surface area contributed by atoms with E-state index in [0.717, 1.165) is 5.76 Å². The van der Waals surface area contributed by atoms with Crippen LogP contribution in [0.4, 0.5) is 0 Å². The van der Waals surface area contributed by atoms with Gasteiger partial charge in [-0.3, -0.25) is 0 Å². The quantitative estimate of drug-likeness (QED) is 0.613. The second-order valence-electron chi connectivity index (χ2n) is 4.40. The minimum atomic E-state index is -1.87. The zero-order valence-electron chi connectivity index (χ0n) is 11.2. The molecule has 10 heteroatoms. The second kappa shape index (κ2) is 6.42. The molecule has 1 aliphatic rings. The summed E-state index contributed by atoms with van der Waals surface area (Å²) >= 11 is 35.1. The minimum Gasteiger partial charge on any atom is -0.462 e. The maximum absolute atomic E-state index is 5.85. The van der Waals surface area contributed by atoms with Crippen molar-refractivity contribution < 1.29 is 4.42 Å². The number of rotatable bonds is 1. The number of nitrogens with one attached hydrogen (secondary N) is 1. The highest BCUT2D eigenvalue weighted by atomic mass is 35.6. The standard InChI is InChI=1S/C12H9Cl6N3O/c1-5-3-4-7(22-5)6(2)8-19-9(11(13,14)15)21-10(20-8)12(16,17)18/h3-4H,1-2H3,(H,19,20,21). The van der Waals surface area contributed by atoms with E-state index in [1.54, 1.807) is 13.0 Å². The molecule has 4 nitrogen and oxygen atoms in total. The molecule has 0 fully saturated rings. The number of halogens is 6. The average Bonchev–Trinajstić information content (AvgIpc) is 2.82. The fourth-order valence-electron chi connectivity index (χ4n) is 1.60. The number of aryl methyl sites for hydroxylation is 1. The molecular weight excluding hydrogens is 415 g/mol. The zero-order valence-corrected chi connectivity index (χ0v) is 15.8. The van der Waals surface area contributed by atoms with Crippen molar-refractivity contribution in [1.29, 1.82) is 0 Å². The zero-order chi connectivity index (χ0) is 16.7. The van der Waals surface area contributed by atoms with Crippen LogP contribution in [-0.4, -0.2) is 19.3 Å². The Labute approximate surface area is 157 Å². The molecule has 0 saturated heterocycles. The summed E-state index contributed by atoms with van der Waals surface area (Å²) in [6.45, 7) is 3.58. The molecule has 120 valence electrons. The van der Waals surface area contributed by atoms with E-state index in [1.165, 1.54) is 0 Å². The van der Waals surface area contributed by atoms with Gasteiger partial charge in [-0.15, -0.1) is 0 Å². The van der Waals surface area contributed by atoms with Crippen LogP contribution in [0.5, 0.6) is 0 Å². The number of furan rings is 1.